The molecule has 0 bridgehead atoms. The lowest BCUT2D eigenvalue weighted by Crippen LogP contribution is -2.61. The Balaban J connectivity index is 0.00000364. The Morgan fingerprint density at radius 3 is 2.37 bits per heavy atom. The third-order valence-electron chi connectivity index (χ3n) is 5.33. The van der Waals surface area contributed by atoms with E-state index in [0.717, 1.165) is 55.7 Å². The SMILES string of the molecule is CN=C(NCC(C)c1c(C)noc1C)N1CCN(C(C)(C)C(N)=O)CC1.I. The lowest BCUT2D eigenvalue weighted by molar-refractivity contribution is -0.129. The number of amides is 1. The second kappa shape index (κ2) is 9.72. The van der Waals surface area contributed by atoms with Gasteiger partial charge < -0.3 is 20.5 Å². The van der Waals surface area contributed by atoms with Crippen LogP contribution in [0.3, 0.4) is 0 Å². The molecule has 8 nitrogen and oxygen atoms in total. The maximum Gasteiger partial charge on any atom is 0.237 e. The highest BCUT2D eigenvalue weighted by Crippen LogP contribution is 2.22. The summed E-state index contributed by atoms with van der Waals surface area (Å²) in [6, 6.07) is 0. The number of rotatable bonds is 5. The van der Waals surface area contributed by atoms with Crippen LogP contribution in [0.2, 0.25) is 0 Å². The fourth-order valence-electron chi connectivity index (χ4n) is 3.51. The minimum absolute atomic E-state index is 0. The van der Waals surface area contributed by atoms with E-state index in [-0.39, 0.29) is 35.8 Å². The lowest BCUT2D eigenvalue weighted by Gasteiger charge is -2.43. The number of aromatic nitrogens is 1. The number of hydrogen-bond donors (Lipinski definition) is 2. The Bertz CT molecular complexity index is 645. The Labute approximate surface area is 178 Å². The van der Waals surface area contributed by atoms with Gasteiger partial charge in [0.2, 0.25) is 5.91 Å². The van der Waals surface area contributed by atoms with Gasteiger partial charge in [0.05, 0.1) is 11.2 Å². The number of guanidine groups is 1. The van der Waals surface area contributed by atoms with Crippen LogP contribution in [0, 0.1) is 13.8 Å². The van der Waals surface area contributed by atoms with Gasteiger partial charge in [-0.3, -0.25) is 14.7 Å². The van der Waals surface area contributed by atoms with Gasteiger partial charge >= 0.3 is 0 Å². The van der Waals surface area contributed by atoms with Crippen molar-refractivity contribution in [2.75, 3.05) is 39.8 Å². The molecule has 3 N–H and O–H groups in total. The first kappa shape index (κ1) is 23.7. The van der Waals surface area contributed by atoms with Crippen molar-refractivity contribution >= 4 is 35.8 Å². The molecule has 1 amide bonds. The third-order valence-corrected chi connectivity index (χ3v) is 5.33. The Morgan fingerprint density at radius 1 is 1.33 bits per heavy atom. The van der Waals surface area contributed by atoms with Crippen molar-refractivity contribution in [2.45, 2.75) is 46.1 Å². The van der Waals surface area contributed by atoms with E-state index in [4.69, 9.17) is 10.3 Å². The molecule has 0 saturated carbocycles. The molecule has 1 unspecified atom stereocenters. The van der Waals surface area contributed by atoms with E-state index in [1.54, 1.807) is 7.05 Å². The number of carbonyl (C=O) groups excluding carboxylic acids is 1. The Kier molecular flexibility index (Phi) is 8.52. The number of primary amides is 1. The summed E-state index contributed by atoms with van der Waals surface area (Å²) >= 11 is 0. The van der Waals surface area contributed by atoms with Gasteiger partial charge in [0.25, 0.3) is 0 Å². The van der Waals surface area contributed by atoms with Crippen molar-refractivity contribution in [1.82, 2.24) is 20.3 Å². The van der Waals surface area contributed by atoms with E-state index in [1.807, 2.05) is 27.7 Å². The van der Waals surface area contributed by atoms with Crippen molar-refractivity contribution in [3.05, 3.63) is 17.0 Å². The first-order valence-electron chi connectivity index (χ1n) is 9.11. The second-order valence-electron chi connectivity index (χ2n) is 7.46. The van der Waals surface area contributed by atoms with E-state index in [1.165, 1.54) is 0 Å². The number of aliphatic imine (C=N–C) groups is 1. The maximum atomic E-state index is 11.7. The van der Waals surface area contributed by atoms with Gasteiger partial charge in [0.1, 0.15) is 5.76 Å². The summed E-state index contributed by atoms with van der Waals surface area (Å²) in [4.78, 5) is 20.4. The molecular formula is C18H33IN6O2. The largest absolute Gasteiger partial charge is 0.368 e. The molecule has 0 aliphatic carbocycles. The summed E-state index contributed by atoms with van der Waals surface area (Å²) < 4.78 is 5.27. The van der Waals surface area contributed by atoms with Crippen LogP contribution < -0.4 is 11.1 Å². The maximum absolute atomic E-state index is 11.7. The van der Waals surface area contributed by atoms with Crippen LogP contribution in [0.5, 0.6) is 0 Å². The molecule has 2 heterocycles. The topological polar surface area (TPSA) is 100.0 Å². The smallest absolute Gasteiger partial charge is 0.237 e. The number of nitrogens with two attached hydrogens (primary N) is 1. The molecule has 27 heavy (non-hydrogen) atoms. The lowest BCUT2D eigenvalue weighted by atomic mass is 9.99. The minimum atomic E-state index is -0.624. The predicted molar refractivity (Wildman–Crippen MR) is 118 cm³/mol. The molecule has 1 aliphatic heterocycles. The highest BCUT2D eigenvalue weighted by Gasteiger charge is 2.35. The number of nitrogens with zero attached hydrogens (tertiary/aromatic N) is 4. The molecule has 1 saturated heterocycles. The van der Waals surface area contributed by atoms with Gasteiger partial charge in [0.15, 0.2) is 5.96 Å². The zero-order valence-electron chi connectivity index (χ0n) is 17.2. The molecule has 2 rings (SSSR count). The van der Waals surface area contributed by atoms with E-state index >= 15 is 0 Å². The van der Waals surface area contributed by atoms with Crippen LogP contribution in [0.1, 0.15) is 43.7 Å². The molecular weight excluding hydrogens is 459 g/mol. The van der Waals surface area contributed by atoms with Crippen LogP contribution in [0.4, 0.5) is 0 Å². The first-order valence-corrected chi connectivity index (χ1v) is 9.11. The molecule has 0 spiro atoms. The summed E-state index contributed by atoms with van der Waals surface area (Å²) in [7, 11) is 1.79. The van der Waals surface area contributed by atoms with Crippen LogP contribution in [0.25, 0.3) is 0 Å². The average molecular weight is 492 g/mol. The summed E-state index contributed by atoms with van der Waals surface area (Å²) in [6.45, 7) is 13.7. The van der Waals surface area contributed by atoms with Crippen LogP contribution in [0.15, 0.2) is 9.52 Å². The van der Waals surface area contributed by atoms with Gasteiger partial charge in [0, 0.05) is 51.3 Å². The zero-order chi connectivity index (χ0) is 19.5. The monoisotopic (exact) mass is 492 g/mol. The molecule has 9 heteroatoms. The number of piperazine rings is 1. The van der Waals surface area contributed by atoms with Crippen molar-refractivity contribution < 1.29 is 9.32 Å². The van der Waals surface area contributed by atoms with Crippen LogP contribution in [-0.4, -0.2) is 72.1 Å². The summed E-state index contributed by atoms with van der Waals surface area (Å²) in [6.07, 6.45) is 0. The van der Waals surface area contributed by atoms with Gasteiger partial charge in [-0.2, -0.15) is 0 Å². The second-order valence-corrected chi connectivity index (χ2v) is 7.46. The molecule has 0 aromatic carbocycles. The minimum Gasteiger partial charge on any atom is -0.368 e. The number of halogens is 1. The quantitative estimate of drug-likeness (QED) is 0.367. The molecule has 1 atom stereocenters. The molecule has 1 aliphatic rings. The molecule has 1 fully saturated rings. The molecule has 1 aromatic heterocycles. The van der Waals surface area contributed by atoms with Crippen LogP contribution in [-0.2, 0) is 4.79 Å². The van der Waals surface area contributed by atoms with E-state index in [0.29, 0.717) is 0 Å². The summed E-state index contributed by atoms with van der Waals surface area (Å²) in [5.41, 5.74) is 7.00. The number of carbonyl (C=O) groups is 1. The summed E-state index contributed by atoms with van der Waals surface area (Å²) in [5.74, 6) is 1.73. The first-order chi connectivity index (χ1) is 12.2. The fourth-order valence-corrected chi connectivity index (χ4v) is 3.51. The normalized spacial score (nSPS) is 17.4. The fraction of sp³-hybridized carbons (Fsp3) is 0.722. The van der Waals surface area contributed by atoms with Crippen molar-refractivity contribution in [1.29, 1.82) is 0 Å². The van der Waals surface area contributed by atoms with E-state index < -0.39 is 5.54 Å². The average Bonchev–Trinajstić information content (AvgIpc) is 2.94. The van der Waals surface area contributed by atoms with Gasteiger partial charge in [-0.25, -0.2) is 0 Å². The van der Waals surface area contributed by atoms with Gasteiger partial charge in [-0.15, -0.1) is 24.0 Å². The van der Waals surface area contributed by atoms with Gasteiger partial charge in [-0.05, 0) is 27.7 Å². The highest BCUT2D eigenvalue weighted by atomic mass is 127. The van der Waals surface area contributed by atoms with E-state index in [9.17, 15) is 4.79 Å². The summed E-state index contributed by atoms with van der Waals surface area (Å²) in [5, 5.41) is 7.49. The number of hydrogen-bond acceptors (Lipinski definition) is 5. The Morgan fingerprint density at radius 2 is 1.93 bits per heavy atom. The van der Waals surface area contributed by atoms with Crippen molar-refractivity contribution in [2.24, 2.45) is 10.7 Å². The molecule has 1 aromatic rings. The van der Waals surface area contributed by atoms with E-state index in [2.05, 4.69) is 32.2 Å². The van der Waals surface area contributed by atoms with Crippen molar-refractivity contribution in [3.8, 4) is 0 Å². The zero-order valence-corrected chi connectivity index (χ0v) is 19.5. The standard InChI is InChI=1S/C18H32N6O2.HI/c1-12(15-13(2)22-26-14(15)3)11-21-17(20-6)23-7-9-24(10-8-23)18(4,5)16(19)25;/h12H,7-11H2,1-6H3,(H2,19,25)(H,20,21);1H. The Hall–Kier alpha value is -1.36. The van der Waals surface area contributed by atoms with Crippen molar-refractivity contribution in [3.63, 3.8) is 0 Å². The number of nitrogens with one attached hydrogen (secondary N) is 1. The predicted octanol–water partition coefficient (Wildman–Crippen LogP) is 1.47. The number of aryl methyl sites for hydroxylation is 2. The van der Waals surface area contributed by atoms with Gasteiger partial charge in [-0.1, -0.05) is 12.1 Å². The molecule has 154 valence electrons. The third kappa shape index (κ3) is 5.34. The van der Waals surface area contributed by atoms with Crippen LogP contribution >= 0.6 is 24.0 Å². The molecule has 0 radical (unpaired) electrons. The highest BCUT2D eigenvalue weighted by molar-refractivity contribution is 14.0.